The van der Waals surface area contributed by atoms with Gasteiger partial charge in [-0.25, -0.2) is 0 Å². The SMILES string of the molecule is CN(C(=O)Cc1ccncc1)C1COCC1C(=O)O. The lowest BCUT2D eigenvalue weighted by Crippen LogP contribution is -2.44. The number of carbonyl (C=O) groups is 2. The molecule has 0 radical (unpaired) electrons. The van der Waals surface area contributed by atoms with Gasteiger partial charge >= 0.3 is 5.97 Å². The number of carbonyl (C=O) groups excluding carboxylic acids is 1. The smallest absolute Gasteiger partial charge is 0.311 e. The maximum absolute atomic E-state index is 12.1. The average molecular weight is 264 g/mol. The van der Waals surface area contributed by atoms with Gasteiger partial charge in [-0.2, -0.15) is 0 Å². The Morgan fingerprint density at radius 2 is 2.11 bits per heavy atom. The highest BCUT2D eigenvalue weighted by Crippen LogP contribution is 2.19. The average Bonchev–Trinajstić information content (AvgIpc) is 2.88. The van der Waals surface area contributed by atoms with Crippen LogP contribution in [0, 0.1) is 5.92 Å². The number of aliphatic carboxylic acids is 1. The molecule has 1 fully saturated rings. The topological polar surface area (TPSA) is 79.7 Å². The maximum Gasteiger partial charge on any atom is 0.311 e. The van der Waals surface area contributed by atoms with E-state index in [2.05, 4.69) is 4.98 Å². The van der Waals surface area contributed by atoms with E-state index in [1.165, 1.54) is 4.90 Å². The molecular formula is C13H16N2O4. The second-order valence-corrected chi connectivity index (χ2v) is 4.59. The summed E-state index contributed by atoms with van der Waals surface area (Å²) in [7, 11) is 1.62. The third kappa shape index (κ3) is 3.08. The fourth-order valence-electron chi connectivity index (χ4n) is 2.15. The van der Waals surface area contributed by atoms with Gasteiger partial charge in [-0.05, 0) is 17.7 Å². The van der Waals surface area contributed by atoms with Crippen LogP contribution in [-0.4, -0.2) is 53.2 Å². The van der Waals surface area contributed by atoms with E-state index >= 15 is 0 Å². The molecule has 19 heavy (non-hydrogen) atoms. The molecule has 102 valence electrons. The molecule has 6 heteroatoms. The van der Waals surface area contributed by atoms with Crippen LogP contribution in [0.25, 0.3) is 0 Å². The summed E-state index contributed by atoms with van der Waals surface area (Å²) in [5, 5.41) is 9.08. The second kappa shape index (κ2) is 5.79. The van der Waals surface area contributed by atoms with Crippen LogP contribution in [0.3, 0.4) is 0 Å². The summed E-state index contributed by atoms with van der Waals surface area (Å²) in [6.45, 7) is 0.433. The molecule has 0 aromatic carbocycles. The predicted octanol–water partition coefficient (Wildman–Crippen LogP) is 0.182. The Balaban J connectivity index is 2.01. The van der Waals surface area contributed by atoms with Gasteiger partial charge in [0.15, 0.2) is 0 Å². The Kier molecular flexibility index (Phi) is 4.11. The monoisotopic (exact) mass is 264 g/mol. The molecule has 1 amide bonds. The number of ether oxygens (including phenoxy) is 1. The van der Waals surface area contributed by atoms with Crippen molar-refractivity contribution in [3.05, 3.63) is 30.1 Å². The lowest BCUT2D eigenvalue weighted by molar-refractivity contribution is -0.144. The van der Waals surface area contributed by atoms with Crippen LogP contribution in [-0.2, 0) is 20.7 Å². The number of hydrogen-bond donors (Lipinski definition) is 1. The normalized spacial score (nSPS) is 22.2. The van der Waals surface area contributed by atoms with E-state index in [9.17, 15) is 9.59 Å². The number of carboxylic acids is 1. The van der Waals surface area contributed by atoms with Gasteiger partial charge in [-0.15, -0.1) is 0 Å². The van der Waals surface area contributed by atoms with Gasteiger partial charge in [0.05, 0.1) is 25.7 Å². The molecule has 6 nitrogen and oxygen atoms in total. The Hall–Kier alpha value is -1.95. The molecule has 1 aliphatic rings. The molecule has 0 saturated carbocycles. The fraction of sp³-hybridized carbons (Fsp3) is 0.462. The zero-order chi connectivity index (χ0) is 13.8. The van der Waals surface area contributed by atoms with Gasteiger partial charge in [-0.3, -0.25) is 14.6 Å². The highest BCUT2D eigenvalue weighted by molar-refractivity contribution is 5.80. The fourth-order valence-corrected chi connectivity index (χ4v) is 2.15. The van der Waals surface area contributed by atoms with Crippen LogP contribution < -0.4 is 0 Å². The Morgan fingerprint density at radius 1 is 1.42 bits per heavy atom. The van der Waals surface area contributed by atoms with Crippen molar-refractivity contribution in [3.8, 4) is 0 Å². The summed E-state index contributed by atoms with van der Waals surface area (Å²) in [5.41, 5.74) is 0.859. The van der Waals surface area contributed by atoms with Gasteiger partial charge in [0.25, 0.3) is 0 Å². The van der Waals surface area contributed by atoms with Gasteiger partial charge < -0.3 is 14.7 Å². The van der Waals surface area contributed by atoms with Crippen LogP contribution in [0.1, 0.15) is 5.56 Å². The molecule has 0 bridgehead atoms. The number of aromatic nitrogens is 1. The standard InChI is InChI=1S/C13H16N2O4/c1-15(11-8-19-7-10(11)13(17)18)12(16)6-9-2-4-14-5-3-9/h2-5,10-11H,6-8H2,1H3,(H,17,18). The first-order chi connectivity index (χ1) is 9.09. The van der Waals surface area contributed by atoms with Crippen molar-refractivity contribution >= 4 is 11.9 Å². The van der Waals surface area contributed by atoms with E-state index in [-0.39, 0.29) is 25.5 Å². The quantitative estimate of drug-likeness (QED) is 0.839. The summed E-state index contributed by atoms with van der Waals surface area (Å²) >= 11 is 0. The third-order valence-electron chi connectivity index (χ3n) is 3.36. The van der Waals surface area contributed by atoms with Crippen molar-refractivity contribution in [2.75, 3.05) is 20.3 Å². The minimum atomic E-state index is -0.925. The zero-order valence-corrected chi connectivity index (χ0v) is 10.7. The predicted molar refractivity (Wildman–Crippen MR) is 66.4 cm³/mol. The lowest BCUT2D eigenvalue weighted by Gasteiger charge is -2.26. The van der Waals surface area contributed by atoms with E-state index in [4.69, 9.17) is 9.84 Å². The van der Waals surface area contributed by atoms with E-state index in [1.807, 2.05) is 0 Å². The van der Waals surface area contributed by atoms with Crippen molar-refractivity contribution in [3.63, 3.8) is 0 Å². The number of amides is 1. The van der Waals surface area contributed by atoms with Gasteiger partial charge in [0, 0.05) is 19.4 Å². The molecule has 2 heterocycles. The van der Waals surface area contributed by atoms with Crippen molar-refractivity contribution in [1.29, 1.82) is 0 Å². The number of rotatable bonds is 4. The number of nitrogens with zero attached hydrogens (tertiary/aromatic N) is 2. The molecule has 1 aliphatic heterocycles. The first-order valence-corrected chi connectivity index (χ1v) is 6.04. The highest BCUT2D eigenvalue weighted by atomic mass is 16.5. The van der Waals surface area contributed by atoms with Crippen LogP contribution in [0.2, 0.25) is 0 Å². The van der Waals surface area contributed by atoms with Crippen molar-refractivity contribution in [2.45, 2.75) is 12.5 Å². The number of pyridine rings is 1. The first kappa shape index (κ1) is 13.5. The first-order valence-electron chi connectivity index (χ1n) is 6.04. The molecule has 1 aromatic rings. The minimum absolute atomic E-state index is 0.118. The number of hydrogen-bond acceptors (Lipinski definition) is 4. The van der Waals surface area contributed by atoms with Crippen molar-refractivity contribution < 1.29 is 19.4 Å². The molecule has 0 aliphatic carbocycles. The van der Waals surface area contributed by atoms with E-state index < -0.39 is 17.9 Å². The van der Waals surface area contributed by atoms with Gasteiger partial charge in [0.2, 0.25) is 5.91 Å². The Bertz CT molecular complexity index is 463. The Labute approximate surface area is 111 Å². The summed E-state index contributed by atoms with van der Waals surface area (Å²) < 4.78 is 5.17. The number of carboxylic acid groups (broad SMARTS) is 1. The highest BCUT2D eigenvalue weighted by Gasteiger charge is 2.38. The van der Waals surface area contributed by atoms with Gasteiger partial charge in [-0.1, -0.05) is 0 Å². The van der Waals surface area contributed by atoms with Crippen molar-refractivity contribution in [2.24, 2.45) is 5.92 Å². The van der Waals surface area contributed by atoms with Gasteiger partial charge in [0.1, 0.15) is 5.92 Å². The summed E-state index contributed by atoms with van der Waals surface area (Å²) in [6, 6.07) is 3.14. The summed E-state index contributed by atoms with van der Waals surface area (Å²) in [4.78, 5) is 28.6. The largest absolute Gasteiger partial charge is 0.481 e. The Morgan fingerprint density at radius 3 is 2.74 bits per heavy atom. The van der Waals surface area contributed by atoms with Crippen LogP contribution in [0.15, 0.2) is 24.5 Å². The molecule has 2 unspecified atom stereocenters. The lowest BCUT2D eigenvalue weighted by atomic mass is 10.0. The molecule has 1 saturated heterocycles. The van der Waals surface area contributed by atoms with Crippen LogP contribution in [0.5, 0.6) is 0 Å². The summed E-state index contributed by atoms with van der Waals surface area (Å²) in [6.07, 6.45) is 3.49. The second-order valence-electron chi connectivity index (χ2n) is 4.59. The molecular weight excluding hydrogens is 248 g/mol. The molecule has 2 rings (SSSR count). The summed E-state index contributed by atoms with van der Waals surface area (Å²) in [5.74, 6) is -1.69. The molecule has 0 spiro atoms. The maximum atomic E-state index is 12.1. The van der Waals surface area contributed by atoms with E-state index in [0.29, 0.717) is 0 Å². The number of likely N-dealkylation sites (N-methyl/N-ethyl adjacent to an activating group) is 1. The minimum Gasteiger partial charge on any atom is -0.481 e. The molecule has 1 aromatic heterocycles. The van der Waals surface area contributed by atoms with E-state index in [0.717, 1.165) is 5.56 Å². The van der Waals surface area contributed by atoms with Crippen LogP contribution in [0.4, 0.5) is 0 Å². The third-order valence-corrected chi connectivity index (χ3v) is 3.36. The van der Waals surface area contributed by atoms with E-state index in [1.54, 1.807) is 31.6 Å². The molecule has 2 atom stereocenters. The van der Waals surface area contributed by atoms with Crippen molar-refractivity contribution in [1.82, 2.24) is 9.88 Å². The zero-order valence-electron chi connectivity index (χ0n) is 10.7. The van der Waals surface area contributed by atoms with Crippen LogP contribution >= 0.6 is 0 Å². The molecule has 1 N–H and O–H groups in total.